The van der Waals surface area contributed by atoms with Crippen LogP contribution in [0.1, 0.15) is 36.5 Å². The van der Waals surface area contributed by atoms with Gasteiger partial charge in [0.2, 0.25) is 11.8 Å². The Hall–Kier alpha value is -3.74. The van der Waals surface area contributed by atoms with Crippen LogP contribution in [0.4, 0.5) is 17.3 Å². The van der Waals surface area contributed by atoms with Gasteiger partial charge in [0.05, 0.1) is 23.6 Å². The molecule has 0 unspecified atom stereocenters. The fraction of sp³-hybridized carbons (Fsp3) is 0.407. The number of nitriles is 1. The Bertz CT molecular complexity index is 1310. The van der Waals surface area contributed by atoms with Gasteiger partial charge in [0, 0.05) is 43.0 Å². The first kappa shape index (κ1) is 24.0. The van der Waals surface area contributed by atoms with Crippen LogP contribution in [-0.2, 0) is 5.41 Å². The number of hydrogen-bond donors (Lipinski definition) is 3. The molecule has 1 aromatic carbocycles. The lowest BCUT2D eigenvalue weighted by atomic mass is 9.83. The minimum absolute atomic E-state index is 0.0156. The quantitative estimate of drug-likeness (QED) is 0.481. The van der Waals surface area contributed by atoms with Crippen LogP contribution in [0.25, 0.3) is 11.3 Å². The Labute approximate surface area is 211 Å². The fourth-order valence-electron chi connectivity index (χ4n) is 4.77. The summed E-state index contributed by atoms with van der Waals surface area (Å²) in [6, 6.07) is 9.90. The van der Waals surface area contributed by atoms with E-state index in [4.69, 9.17) is 9.72 Å². The molecule has 3 N–H and O–H groups in total. The van der Waals surface area contributed by atoms with Crippen LogP contribution in [0.5, 0.6) is 5.88 Å². The molecule has 0 amide bonds. The maximum absolute atomic E-state index is 10.0. The number of rotatable bonds is 6. The molecular weight excluding hydrogens is 454 g/mol. The van der Waals surface area contributed by atoms with E-state index in [-0.39, 0.29) is 12.7 Å². The highest BCUT2D eigenvalue weighted by atomic mass is 16.5. The first-order valence-corrected chi connectivity index (χ1v) is 12.2. The number of nitrogens with one attached hydrogen (secondary N) is 2. The third-order valence-electron chi connectivity index (χ3n) is 7.04. The molecule has 1 atom stereocenters. The number of ether oxygens (including phenoxy) is 1. The molecule has 4 heterocycles. The largest absolute Gasteiger partial charge is 0.473 e. The molecule has 2 aliphatic rings. The number of hydrogen-bond acceptors (Lipinski definition) is 9. The van der Waals surface area contributed by atoms with Gasteiger partial charge in [-0.3, -0.25) is 0 Å². The van der Waals surface area contributed by atoms with Crippen molar-refractivity contribution in [3.63, 3.8) is 0 Å². The molecule has 0 bridgehead atoms. The molecule has 9 heteroatoms. The molecule has 36 heavy (non-hydrogen) atoms. The van der Waals surface area contributed by atoms with Gasteiger partial charge in [-0.2, -0.15) is 5.26 Å². The number of likely N-dealkylation sites (tertiary alicyclic amines) is 1. The van der Waals surface area contributed by atoms with Gasteiger partial charge in [-0.25, -0.2) is 15.0 Å². The monoisotopic (exact) mass is 485 g/mol. The Kier molecular flexibility index (Phi) is 6.48. The zero-order valence-electron chi connectivity index (χ0n) is 20.9. The molecule has 0 saturated carbocycles. The summed E-state index contributed by atoms with van der Waals surface area (Å²) in [5.41, 5.74) is 4.97. The molecule has 5 rings (SSSR count). The highest BCUT2D eigenvalue weighted by molar-refractivity contribution is 5.76. The fourth-order valence-corrected chi connectivity index (χ4v) is 4.77. The van der Waals surface area contributed by atoms with E-state index in [0.29, 0.717) is 29.6 Å². The van der Waals surface area contributed by atoms with Crippen molar-refractivity contribution >= 4 is 17.3 Å². The molecule has 3 aromatic rings. The standard InChI is InChI=1S/C27H31N7O2/c1-17-10-23(25(30-14-17)36-20-5-8-34(3)9-6-20)33-26-29-7-4-22(32-26)18-11-19(13-28)24-21(12-18)27(2,16-35)15-31-24/h4,7,10-12,14,20,31,35H,5-6,8-9,15-16H2,1-3H3,(H,29,32,33)/t27-/m1/s1. The van der Waals surface area contributed by atoms with Crippen molar-refractivity contribution in [2.75, 3.05) is 43.9 Å². The van der Waals surface area contributed by atoms with Crippen molar-refractivity contribution in [2.45, 2.75) is 38.2 Å². The van der Waals surface area contributed by atoms with Crippen LogP contribution < -0.4 is 15.4 Å². The first-order valence-electron chi connectivity index (χ1n) is 12.2. The molecule has 9 nitrogen and oxygen atoms in total. The highest BCUT2D eigenvalue weighted by Gasteiger charge is 2.36. The van der Waals surface area contributed by atoms with E-state index in [0.717, 1.165) is 54.0 Å². The van der Waals surface area contributed by atoms with E-state index >= 15 is 0 Å². The van der Waals surface area contributed by atoms with Crippen molar-refractivity contribution in [2.24, 2.45) is 0 Å². The number of benzene rings is 1. The molecule has 0 aliphatic carbocycles. The average Bonchev–Trinajstić information content (AvgIpc) is 3.23. The van der Waals surface area contributed by atoms with Crippen molar-refractivity contribution in [1.82, 2.24) is 19.9 Å². The molecule has 2 aliphatic heterocycles. The molecule has 2 aromatic heterocycles. The summed E-state index contributed by atoms with van der Waals surface area (Å²) in [5, 5.41) is 26.3. The molecule has 0 radical (unpaired) electrons. The van der Waals surface area contributed by atoms with Gasteiger partial charge in [0.1, 0.15) is 17.9 Å². The van der Waals surface area contributed by atoms with Crippen LogP contribution in [-0.4, -0.2) is 64.4 Å². The number of aryl methyl sites for hydroxylation is 1. The summed E-state index contributed by atoms with van der Waals surface area (Å²) in [4.78, 5) is 16.0. The third kappa shape index (κ3) is 4.70. The van der Waals surface area contributed by atoms with E-state index < -0.39 is 5.41 Å². The van der Waals surface area contributed by atoms with Crippen molar-refractivity contribution in [3.05, 3.63) is 53.3 Å². The van der Waals surface area contributed by atoms with E-state index in [1.54, 1.807) is 12.4 Å². The molecular formula is C27H31N7O2. The van der Waals surface area contributed by atoms with Crippen LogP contribution in [0.3, 0.4) is 0 Å². The molecule has 1 saturated heterocycles. The predicted molar refractivity (Wildman–Crippen MR) is 139 cm³/mol. The second kappa shape index (κ2) is 9.72. The summed E-state index contributed by atoms with van der Waals surface area (Å²) in [7, 11) is 2.12. The van der Waals surface area contributed by atoms with Gasteiger partial charge in [0.15, 0.2) is 0 Å². The summed E-state index contributed by atoms with van der Waals surface area (Å²) in [6.45, 7) is 6.53. The number of nitrogens with zero attached hydrogens (tertiary/aromatic N) is 5. The van der Waals surface area contributed by atoms with Crippen molar-refractivity contribution in [3.8, 4) is 23.2 Å². The molecule has 186 valence electrons. The van der Waals surface area contributed by atoms with Crippen LogP contribution in [0.15, 0.2) is 36.7 Å². The topological polar surface area (TPSA) is 119 Å². The second-order valence-electron chi connectivity index (χ2n) is 10.0. The lowest BCUT2D eigenvalue weighted by Gasteiger charge is -2.29. The number of fused-ring (bicyclic) bond motifs is 1. The summed E-state index contributed by atoms with van der Waals surface area (Å²) < 4.78 is 6.27. The Balaban J connectivity index is 1.44. The Morgan fingerprint density at radius 1 is 1.28 bits per heavy atom. The average molecular weight is 486 g/mol. The number of aliphatic hydroxyl groups excluding tert-OH is 1. The number of anilines is 3. The zero-order chi connectivity index (χ0) is 25.3. The van der Waals surface area contributed by atoms with Gasteiger partial charge in [-0.1, -0.05) is 6.92 Å². The maximum Gasteiger partial charge on any atom is 0.238 e. The minimum atomic E-state index is -0.460. The van der Waals surface area contributed by atoms with Gasteiger partial charge in [-0.15, -0.1) is 0 Å². The van der Waals surface area contributed by atoms with E-state index in [2.05, 4.69) is 38.6 Å². The summed E-state index contributed by atoms with van der Waals surface area (Å²) >= 11 is 0. The summed E-state index contributed by atoms with van der Waals surface area (Å²) in [6.07, 6.45) is 5.52. The van der Waals surface area contributed by atoms with Gasteiger partial charge in [-0.05, 0) is 62.2 Å². The number of pyridine rings is 1. The predicted octanol–water partition coefficient (Wildman–Crippen LogP) is 3.61. The van der Waals surface area contributed by atoms with E-state index in [9.17, 15) is 10.4 Å². The third-order valence-corrected chi connectivity index (χ3v) is 7.04. The first-order chi connectivity index (χ1) is 17.4. The number of aromatic nitrogens is 3. The lowest BCUT2D eigenvalue weighted by molar-refractivity contribution is 0.110. The summed E-state index contributed by atoms with van der Waals surface area (Å²) in [5.74, 6) is 0.952. The van der Waals surface area contributed by atoms with Crippen LogP contribution >= 0.6 is 0 Å². The van der Waals surface area contributed by atoms with Crippen LogP contribution in [0, 0.1) is 18.3 Å². The van der Waals surface area contributed by atoms with Gasteiger partial charge < -0.3 is 25.4 Å². The second-order valence-corrected chi connectivity index (χ2v) is 10.0. The molecule has 0 spiro atoms. The van der Waals surface area contributed by atoms with Gasteiger partial charge in [0.25, 0.3) is 0 Å². The SMILES string of the molecule is Cc1cnc(OC2CCN(C)CC2)c(Nc2nccc(-c3cc(C#N)c4c(c3)[C@@](C)(CO)CN4)n2)c1. The highest BCUT2D eigenvalue weighted by Crippen LogP contribution is 2.41. The van der Waals surface area contributed by atoms with Gasteiger partial charge >= 0.3 is 0 Å². The van der Waals surface area contributed by atoms with E-state index in [1.165, 1.54) is 0 Å². The minimum Gasteiger partial charge on any atom is -0.473 e. The number of piperidine rings is 1. The number of aliphatic hydroxyl groups is 1. The van der Waals surface area contributed by atoms with Crippen LogP contribution in [0.2, 0.25) is 0 Å². The Morgan fingerprint density at radius 3 is 2.83 bits per heavy atom. The smallest absolute Gasteiger partial charge is 0.238 e. The Morgan fingerprint density at radius 2 is 2.08 bits per heavy atom. The van der Waals surface area contributed by atoms with Crippen molar-refractivity contribution in [1.29, 1.82) is 5.26 Å². The normalized spacial score (nSPS) is 19.9. The molecule has 1 fully saturated rings. The lowest BCUT2D eigenvalue weighted by Crippen LogP contribution is -2.35. The zero-order valence-corrected chi connectivity index (χ0v) is 20.9. The van der Waals surface area contributed by atoms with E-state index in [1.807, 2.05) is 38.1 Å². The maximum atomic E-state index is 10.0. The van der Waals surface area contributed by atoms with Crippen molar-refractivity contribution < 1.29 is 9.84 Å².